The zero-order valence-corrected chi connectivity index (χ0v) is 21.9. The Morgan fingerprint density at radius 3 is 2.51 bits per heavy atom. The summed E-state index contributed by atoms with van der Waals surface area (Å²) in [6, 6.07) is 13.7. The molecule has 2 heterocycles. The SMILES string of the molecule is CC1CC[C@@H]2C1[C@H](OC(=O)c1ccc3ccccc3c1)[C@]1(C3CCCCC3)C[C@@H](OC(=O)CO)[C@@]2(C)O1. The van der Waals surface area contributed by atoms with Crippen molar-refractivity contribution in [2.24, 2.45) is 23.7 Å². The molecule has 6 rings (SSSR count). The van der Waals surface area contributed by atoms with Crippen molar-refractivity contribution in [3.63, 3.8) is 0 Å². The van der Waals surface area contributed by atoms with Crippen LogP contribution in [0.2, 0.25) is 0 Å². The van der Waals surface area contributed by atoms with Gasteiger partial charge in [-0.25, -0.2) is 9.59 Å². The van der Waals surface area contributed by atoms with Crippen LogP contribution in [0.25, 0.3) is 10.8 Å². The molecule has 4 fully saturated rings. The summed E-state index contributed by atoms with van der Waals surface area (Å²) in [5.74, 6) is -0.0600. The molecule has 6 heteroatoms. The number of aliphatic hydroxyl groups excluding tert-OH is 1. The van der Waals surface area contributed by atoms with Crippen molar-refractivity contribution in [1.82, 2.24) is 0 Å². The second-order valence-corrected chi connectivity index (χ2v) is 12.0. The van der Waals surface area contributed by atoms with Gasteiger partial charge in [0.05, 0.1) is 5.56 Å². The number of benzene rings is 2. The van der Waals surface area contributed by atoms with Crippen molar-refractivity contribution >= 4 is 22.7 Å². The zero-order chi connectivity index (χ0) is 25.8. The van der Waals surface area contributed by atoms with Gasteiger partial charge in [-0.1, -0.05) is 56.5 Å². The Morgan fingerprint density at radius 1 is 1.00 bits per heavy atom. The van der Waals surface area contributed by atoms with Crippen LogP contribution in [-0.2, 0) is 19.0 Å². The lowest BCUT2D eigenvalue weighted by molar-refractivity contribution is -0.265. The van der Waals surface area contributed by atoms with Crippen LogP contribution in [-0.4, -0.2) is 47.1 Å². The third kappa shape index (κ3) is 3.99. The van der Waals surface area contributed by atoms with Crippen LogP contribution < -0.4 is 0 Å². The van der Waals surface area contributed by atoms with Crippen LogP contribution >= 0.6 is 0 Å². The fourth-order valence-electron chi connectivity index (χ4n) is 8.33. The second-order valence-electron chi connectivity index (χ2n) is 12.0. The number of ether oxygens (including phenoxy) is 3. The van der Waals surface area contributed by atoms with Gasteiger partial charge in [-0.05, 0) is 73.3 Å². The lowest BCUT2D eigenvalue weighted by Gasteiger charge is -2.54. The molecule has 6 nitrogen and oxygen atoms in total. The van der Waals surface area contributed by atoms with E-state index in [1.165, 1.54) is 6.42 Å². The van der Waals surface area contributed by atoms with Crippen LogP contribution in [0.15, 0.2) is 42.5 Å². The molecule has 2 saturated carbocycles. The van der Waals surface area contributed by atoms with E-state index in [-0.39, 0.29) is 23.7 Å². The summed E-state index contributed by atoms with van der Waals surface area (Å²) in [4.78, 5) is 26.0. The number of carbonyl (C=O) groups excluding carboxylic acids is 2. The van der Waals surface area contributed by atoms with Gasteiger partial charge in [0.2, 0.25) is 0 Å². The molecule has 2 unspecified atom stereocenters. The monoisotopic (exact) mass is 506 g/mol. The highest BCUT2D eigenvalue weighted by Gasteiger charge is 2.73. The number of hydrogen-bond donors (Lipinski definition) is 1. The highest BCUT2D eigenvalue weighted by Crippen LogP contribution is 2.64. The van der Waals surface area contributed by atoms with E-state index in [1.807, 2.05) is 42.5 Å². The summed E-state index contributed by atoms with van der Waals surface area (Å²) >= 11 is 0. The third-order valence-corrected chi connectivity index (χ3v) is 10.1. The molecule has 0 spiro atoms. The van der Waals surface area contributed by atoms with Crippen molar-refractivity contribution in [2.45, 2.75) is 88.6 Å². The molecular weight excluding hydrogens is 468 g/mol. The van der Waals surface area contributed by atoms with E-state index < -0.39 is 36.0 Å². The van der Waals surface area contributed by atoms with E-state index in [2.05, 4.69) is 13.8 Å². The van der Waals surface area contributed by atoms with Gasteiger partial charge < -0.3 is 19.3 Å². The van der Waals surface area contributed by atoms with Gasteiger partial charge >= 0.3 is 11.9 Å². The fourth-order valence-corrected chi connectivity index (χ4v) is 8.33. The number of hydrogen-bond acceptors (Lipinski definition) is 6. The molecule has 2 aromatic rings. The summed E-state index contributed by atoms with van der Waals surface area (Å²) in [7, 11) is 0. The molecule has 198 valence electrons. The molecule has 7 atom stereocenters. The molecule has 2 aromatic carbocycles. The molecule has 0 radical (unpaired) electrons. The standard InChI is InChI=1S/C31H38O6/c1-19-12-15-24-27(19)28(36-29(34)22-14-13-20-8-6-7-9-21(20)16-22)31(23-10-4-3-5-11-23)17-25(30(24,2)37-31)35-26(33)18-32/h6-9,13-14,16,19,23-25,27-28,32H,3-5,10-12,15,17-18H2,1-2H3/t19?,24-,25-,27?,28+,30+,31-/m1/s1. The molecule has 1 N–H and O–H groups in total. The summed E-state index contributed by atoms with van der Waals surface area (Å²) in [5, 5.41) is 11.5. The summed E-state index contributed by atoms with van der Waals surface area (Å²) in [5.41, 5.74) is -0.792. The van der Waals surface area contributed by atoms with E-state index >= 15 is 0 Å². The van der Waals surface area contributed by atoms with Crippen LogP contribution in [0.4, 0.5) is 0 Å². The molecule has 4 aliphatic rings. The van der Waals surface area contributed by atoms with Gasteiger partial charge in [0.1, 0.15) is 30.0 Å². The van der Waals surface area contributed by atoms with Gasteiger partial charge in [-0.2, -0.15) is 0 Å². The number of aliphatic hydroxyl groups is 1. The van der Waals surface area contributed by atoms with Crippen molar-refractivity contribution in [1.29, 1.82) is 0 Å². The van der Waals surface area contributed by atoms with E-state index in [0.29, 0.717) is 17.9 Å². The summed E-state index contributed by atoms with van der Waals surface area (Å²) in [6.07, 6.45) is 7.12. The smallest absolute Gasteiger partial charge is 0.338 e. The van der Waals surface area contributed by atoms with Crippen molar-refractivity contribution in [3.8, 4) is 0 Å². The van der Waals surface area contributed by atoms with Crippen LogP contribution in [0, 0.1) is 23.7 Å². The Kier molecular flexibility index (Phi) is 6.31. The Bertz CT molecular complexity index is 1190. The van der Waals surface area contributed by atoms with E-state index in [9.17, 15) is 14.7 Å². The maximum Gasteiger partial charge on any atom is 0.338 e. The lowest BCUT2D eigenvalue weighted by Crippen LogP contribution is -2.63. The molecule has 2 bridgehead atoms. The number of esters is 2. The van der Waals surface area contributed by atoms with Gasteiger partial charge in [0.15, 0.2) is 0 Å². The first-order valence-corrected chi connectivity index (χ1v) is 14.1. The van der Waals surface area contributed by atoms with Crippen LogP contribution in [0.1, 0.15) is 75.6 Å². The largest absolute Gasteiger partial charge is 0.457 e. The highest BCUT2D eigenvalue weighted by atomic mass is 16.6. The summed E-state index contributed by atoms with van der Waals surface area (Å²) < 4.78 is 19.6. The average Bonchev–Trinajstić information content (AvgIpc) is 3.44. The van der Waals surface area contributed by atoms with Gasteiger partial charge in [-0.15, -0.1) is 0 Å². The molecule has 2 saturated heterocycles. The Labute approximate surface area is 218 Å². The maximum absolute atomic E-state index is 13.7. The number of fused-ring (bicyclic) bond motifs is 5. The minimum Gasteiger partial charge on any atom is -0.457 e. The van der Waals surface area contributed by atoms with Crippen molar-refractivity contribution in [2.75, 3.05) is 6.61 Å². The average molecular weight is 507 g/mol. The molecule has 0 aromatic heterocycles. The number of carbonyl (C=O) groups is 2. The quantitative estimate of drug-likeness (QED) is 0.544. The molecular formula is C31H38O6. The Balaban J connectivity index is 1.40. The maximum atomic E-state index is 13.7. The molecule has 37 heavy (non-hydrogen) atoms. The highest BCUT2D eigenvalue weighted by molar-refractivity contribution is 5.95. The van der Waals surface area contributed by atoms with Crippen LogP contribution in [0.5, 0.6) is 0 Å². The van der Waals surface area contributed by atoms with Crippen LogP contribution in [0.3, 0.4) is 0 Å². The molecule has 2 aliphatic carbocycles. The predicted molar refractivity (Wildman–Crippen MR) is 139 cm³/mol. The predicted octanol–water partition coefficient (Wildman–Crippen LogP) is 5.44. The minimum atomic E-state index is -0.693. The Hall–Kier alpha value is -2.44. The normalized spacial score (nSPS) is 37.3. The van der Waals surface area contributed by atoms with Gasteiger partial charge in [0.25, 0.3) is 0 Å². The molecule has 2 aliphatic heterocycles. The molecule has 0 amide bonds. The van der Waals surface area contributed by atoms with Gasteiger partial charge in [0, 0.05) is 12.3 Å². The van der Waals surface area contributed by atoms with Crippen molar-refractivity contribution < 1.29 is 28.9 Å². The number of rotatable bonds is 5. The fraction of sp³-hybridized carbons (Fsp3) is 0.613. The second kappa shape index (κ2) is 9.39. The third-order valence-electron chi connectivity index (χ3n) is 10.1. The lowest BCUT2D eigenvalue weighted by atomic mass is 9.66. The first-order valence-electron chi connectivity index (χ1n) is 14.1. The van der Waals surface area contributed by atoms with E-state index in [1.54, 1.807) is 0 Å². The van der Waals surface area contributed by atoms with Gasteiger partial charge in [-0.3, -0.25) is 0 Å². The zero-order valence-electron chi connectivity index (χ0n) is 21.9. The first-order chi connectivity index (χ1) is 17.9. The first kappa shape index (κ1) is 24.9. The van der Waals surface area contributed by atoms with E-state index in [4.69, 9.17) is 14.2 Å². The van der Waals surface area contributed by atoms with E-state index in [0.717, 1.165) is 49.3 Å². The Morgan fingerprint density at radius 2 is 1.76 bits per heavy atom. The minimum absolute atomic E-state index is 0.118. The topological polar surface area (TPSA) is 82.1 Å². The summed E-state index contributed by atoms with van der Waals surface area (Å²) in [6.45, 7) is 3.71. The van der Waals surface area contributed by atoms with Crippen molar-refractivity contribution in [3.05, 3.63) is 48.0 Å².